The monoisotopic (exact) mass is 464 g/mol. The average molecular weight is 465 g/mol. The summed E-state index contributed by atoms with van der Waals surface area (Å²) in [7, 11) is 2.06. The van der Waals surface area contributed by atoms with Crippen LogP contribution in [0.3, 0.4) is 0 Å². The third-order valence-corrected chi connectivity index (χ3v) is 6.87. The van der Waals surface area contributed by atoms with Gasteiger partial charge in [-0.1, -0.05) is 68.3 Å². The quantitative estimate of drug-likeness (QED) is 0.193. The fourth-order valence-electron chi connectivity index (χ4n) is 5.03. The summed E-state index contributed by atoms with van der Waals surface area (Å²) in [5.74, 6) is 0.528. The van der Waals surface area contributed by atoms with Gasteiger partial charge >= 0.3 is 0 Å². The lowest BCUT2D eigenvalue weighted by atomic mass is 9.93. The topological polar surface area (TPSA) is 21.4 Å². The second-order valence-electron chi connectivity index (χ2n) is 9.62. The minimum Gasteiger partial charge on any atom is -0.456 e. The van der Waals surface area contributed by atoms with E-state index in [1.54, 1.807) is 6.07 Å². The summed E-state index contributed by atoms with van der Waals surface area (Å²) in [6.07, 6.45) is 0.986. The van der Waals surface area contributed by atoms with Gasteiger partial charge in [0.15, 0.2) is 11.4 Å². The standard InChI is InChI=1S/C32H31N2O/c1-19(2)17-26-21(4)18-28(34(7)22(26)5)29-20(3)13-14-24-25-15-16-27(33-6)30(32(25)35-31(24)29)23-11-9-8-10-12-23/h8-16,18-19H,17H2,1-5,7H3/q+1/i8D,9D,10D,11D,12D. The van der Waals surface area contributed by atoms with Gasteiger partial charge in [0.2, 0.25) is 5.69 Å². The number of hydrogen-bond acceptors (Lipinski definition) is 1. The number of aryl methyl sites for hydroxylation is 2. The fraction of sp³-hybridized carbons (Fsp3) is 0.250. The molecular formula is C32H31N2O+. The maximum Gasteiger partial charge on any atom is 0.216 e. The number of benzene rings is 3. The molecule has 5 aromatic rings. The van der Waals surface area contributed by atoms with Gasteiger partial charge in [-0.15, -0.1) is 0 Å². The van der Waals surface area contributed by atoms with Gasteiger partial charge in [-0.25, -0.2) is 4.85 Å². The average Bonchev–Trinajstić information content (AvgIpc) is 3.29. The molecule has 0 fully saturated rings. The minimum absolute atomic E-state index is 0.0322. The Morgan fingerprint density at radius 2 is 1.60 bits per heavy atom. The van der Waals surface area contributed by atoms with Crippen LogP contribution in [0.2, 0.25) is 0 Å². The van der Waals surface area contributed by atoms with Crippen molar-refractivity contribution in [1.29, 1.82) is 0 Å². The first-order chi connectivity index (χ1) is 18.9. The summed E-state index contributed by atoms with van der Waals surface area (Å²) >= 11 is 0. The van der Waals surface area contributed by atoms with Crippen molar-refractivity contribution in [3.8, 4) is 22.4 Å². The predicted octanol–water partition coefficient (Wildman–Crippen LogP) is 8.42. The highest BCUT2D eigenvalue weighted by atomic mass is 16.3. The lowest BCUT2D eigenvalue weighted by Gasteiger charge is -2.14. The summed E-state index contributed by atoms with van der Waals surface area (Å²) in [5, 5.41) is 1.56. The first-order valence-corrected chi connectivity index (χ1v) is 11.8. The van der Waals surface area contributed by atoms with Gasteiger partial charge in [-0.3, -0.25) is 0 Å². The van der Waals surface area contributed by atoms with Crippen LogP contribution in [0.25, 0.3) is 49.2 Å². The van der Waals surface area contributed by atoms with Gasteiger partial charge in [0.25, 0.3) is 0 Å². The fourth-order valence-corrected chi connectivity index (χ4v) is 5.03. The van der Waals surface area contributed by atoms with E-state index in [0.29, 0.717) is 17.1 Å². The van der Waals surface area contributed by atoms with E-state index in [2.05, 4.69) is 50.2 Å². The minimum atomic E-state index is -0.475. The molecule has 2 heterocycles. The molecule has 0 aliphatic carbocycles. The largest absolute Gasteiger partial charge is 0.456 e. The van der Waals surface area contributed by atoms with Crippen LogP contribution in [0.5, 0.6) is 0 Å². The van der Waals surface area contributed by atoms with Crippen molar-refractivity contribution in [2.45, 2.75) is 41.0 Å². The van der Waals surface area contributed by atoms with Crippen LogP contribution in [0.4, 0.5) is 5.69 Å². The lowest BCUT2D eigenvalue weighted by Crippen LogP contribution is -2.37. The molecule has 5 rings (SSSR count). The molecule has 0 N–H and O–H groups in total. The Morgan fingerprint density at radius 3 is 2.26 bits per heavy atom. The Kier molecular flexibility index (Phi) is 4.36. The van der Waals surface area contributed by atoms with E-state index in [4.69, 9.17) is 17.8 Å². The highest BCUT2D eigenvalue weighted by Gasteiger charge is 2.26. The number of hydrogen-bond donors (Lipinski definition) is 0. The summed E-state index contributed by atoms with van der Waals surface area (Å²) in [6.45, 7) is 18.6. The number of rotatable bonds is 4. The molecule has 2 aromatic heterocycles. The van der Waals surface area contributed by atoms with Gasteiger partial charge in [0.05, 0.1) is 19.0 Å². The van der Waals surface area contributed by atoms with Crippen molar-refractivity contribution in [2.24, 2.45) is 13.0 Å². The Morgan fingerprint density at radius 1 is 0.943 bits per heavy atom. The number of fused-ring (bicyclic) bond motifs is 3. The van der Waals surface area contributed by atoms with Crippen LogP contribution in [-0.2, 0) is 13.5 Å². The molecule has 0 bridgehead atoms. The SMILES string of the molecule is [2H]c1c([2H])c([2H])c(-c2c([N+]#[C-])ccc3c2oc2c(-c4cc(C)c(CC(C)C)c(C)[n+]4C)c(C)ccc23)c([2H])c1[2H]. The molecule has 0 spiro atoms. The summed E-state index contributed by atoms with van der Waals surface area (Å²) < 4.78 is 50.4. The van der Waals surface area contributed by atoms with Crippen molar-refractivity contribution in [3.63, 3.8) is 0 Å². The van der Waals surface area contributed by atoms with E-state index < -0.39 is 18.1 Å². The van der Waals surface area contributed by atoms with Gasteiger partial charge in [0.1, 0.15) is 18.2 Å². The van der Waals surface area contributed by atoms with Gasteiger partial charge in [-0.05, 0) is 42.9 Å². The molecule has 174 valence electrons. The molecule has 35 heavy (non-hydrogen) atoms. The zero-order chi connectivity index (χ0) is 29.2. The number of aromatic nitrogens is 1. The first kappa shape index (κ1) is 17.5. The molecular weight excluding hydrogens is 428 g/mol. The van der Waals surface area contributed by atoms with Gasteiger partial charge in [0, 0.05) is 34.9 Å². The zero-order valence-corrected chi connectivity index (χ0v) is 21.0. The molecule has 0 unspecified atom stereocenters. The van der Waals surface area contributed by atoms with Crippen LogP contribution in [0, 0.1) is 33.3 Å². The van der Waals surface area contributed by atoms with Crippen LogP contribution < -0.4 is 4.57 Å². The van der Waals surface area contributed by atoms with Crippen LogP contribution in [0.15, 0.2) is 65.0 Å². The second kappa shape index (κ2) is 8.71. The molecule has 3 heteroatoms. The number of nitrogens with zero attached hydrogens (tertiary/aromatic N) is 2. The van der Waals surface area contributed by atoms with Crippen molar-refractivity contribution < 1.29 is 15.8 Å². The maximum atomic E-state index is 8.59. The third kappa shape index (κ3) is 3.70. The molecule has 0 aliphatic heterocycles. The zero-order valence-electron chi connectivity index (χ0n) is 26.0. The summed E-state index contributed by atoms with van der Waals surface area (Å²) in [4.78, 5) is 3.65. The molecule has 0 amide bonds. The Hall–Kier alpha value is -3.90. The van der Waals surface area contributed by atoms with Crippen molar-refractivity contribution in [3.05, 3.63) is 94.3 Å². The Balaban J connectivity index is 1.91. The van der Waals surface area contributed by atoms with Gasteiger partial charge < -0.3 is 4.42 Å². The van der Waals surface area contributed by atoms with Gasteiger partial charge in [-0.2, -0.15) is 4.57 Å². The van der Waals surface area contributed by atoms with Crippen LogP contribution >= 0.6 is 0 Å². The van der Waals surface area contributed by atoms with Crippen molar-refractivity contribution >= 4 is 27.6 Å². The molecule has 0 radical (unpaired) electrons. The van der Waals surface area contributed by atoms with E-state index in [9.17, 15) is 0 Å². The lowest BCUT2D eigenvalue weighted by molar-refractivity contribution is -0.667. The van der Waals surface area contributed by atoms with E-state index in [-0.39, 0.29) is 28.9 Å². The Bertz CT molecular complexity index is 1890. The third-order valence-electron chi connectivity index (χ3n) is 6.87. The number of pyridine rings is 1. The van der Waals surface area contributed by atoms with E-state index in [0.717, 1.165) is 34.0 Å². The molecule has 3 aromatic carbocycles. The summed E-state index contributed by atoms with van der Waals surface area (Å²) in [5.41, 5.74) is 8.00. The maximum absolute atomic E-state index is 8.59. The van der Waals surface area contributed by atoms with Crippen LogP contribution in [0.1, 0.15) is 43.1 Å². The smallest absolute Gasteiger partial charge is 0.216 e. The predicted molar refractivity (Wildman–Crippen MR) is 145 cm³/mol. The molecule has 0 saturated heterocycles. The molecule has 0 atom stereocenters. The molecule has 0 aliphatic rings. The number of furan rings is 1. The van der Waals surface area contributed by atoms with E-state index in [1.165, 1.54) is 16.8 Å². The van der Waals surface area contributed by atoms with E-state index >= 15 is 0 Å². The first-order valence-electron chi connectivity index (χ1n) is 14.3. The Labute approximate surface area is 214 Å². The normalized spacial score (nSPS) is 13.5. The van der Waals surface area contributed by atoms with Crippen molar-refractivity contribution in [1.82, 2.24) is 0 Å². The highest BCUT2D eigenvalue weighted by molar-refractivity contribution is 6.15. The second-order valence-corrected chi connectivity index (χ2v) is 9.62. The van der Waals surface area contributed by atoms with E-state index in [1.807, 2.05) is 25.1 Å². The van der Waals surface area contributed by atoms with Crippen molar-refractivity contribution in [2.75, 3.05) is 0 Å². The highest BCUT2D eigenvalue weighted by Crippen LogP contribution is 2.44. The molecule has 3 nitrogen and oxygen atoms in total. The molecule has 0 saturated carbocycles. The van der Waals surface area contributed by atoms with Crippen LogP contribution in [-0.4, -0.2) is 0 Å². The summed E-state index contributed by atoms with van der Waals surface area (Å²) in [6, 6.07) is 7.58.